The zero-order chi connectivity index (χ0) is 18.5. The molecule has 0 atom stereocenters. The molecule has 0 radical (unpaired) electrons. The van der Waals surface area contributed by atoms with E-state index in [4.69, 9.17) is 5.73 Å². The molecule has 0 saturated heterocycles. The number of nitro groups is 1. The third-order valence-corrected chi connectivity index (χ3v) is 5.83. The van der Waals surface area contributed by atoms with Crippen LogP contribution in [0.15, 0.2) is 29.2 Å². The number of hydrogen-bond acceptors (Lipinski definition) is 6. The van der Waals surface area contributed by atoms with Gasteiger partial charge in [-0.2, -0.15) is 0 Å². The predicted molar refractivity (Wildman–Crippen MR) is 91.3 cm³/mol. The monoisotopic (exact) mass is 370 g/mol. The van der Waals surface area contributed by atoms with E-state index in [-0.39, 0.29) is 35.0 Å². The maximum atomic E-state index is 12.1. The van der Waals surface area contributed by atoms with E-state index in [2.05, 4.69) is 10.0 Å². The first-order valence-electron chi connectivity index (χ1n) is 8.03. The number of benzene rings is 1. The van der Waals surface area contributed by atoms with E-state index < -0.39 is 14.9 Å². The second kappa shape index (κ2) is 7.89. The number of hydrogen-bond donors (Lipinski definition) is 3. The maximum absolute atomic E-state index is 12.1. The van der Waals surface area contributed by atoms with Gasteiger partial charge in [-0.25, -0.2) is 13.1 Å². The van der Waals surface area contributed by atoms with Crippen LogP contribution < -0.4 is 15.8 Å². The number of nitro benzene ring substituents is 1. The summed E-state index contributed by atoms with van der Waals surface area (Å²) in [6.07, 6.45) is 3.70. The van der Waals surface area contributed by atoms with Gasteiger partial charge in [0.2, 0.25) is 15.9 Å². The summed E-state index contributed by atoms with van der Waals surface area (Å²) in [5.74, 6) is -0.251. The second-order valence-corrected chi connectivity index (χ2v) is 7.91. The molecule has 1 aliphatic rings. The lowest BCUT2D eigenvalue weighted by Gasteiger charge is -2.28. The van der Waals surface area contributed by atoms with Crippen LogP contribution in [0.25, 0.3) is 0 Å². The fourth-order valence-electron chi connectivity index (χ4n) is 2.92. The van der Waals surface area contributed by atoms with E-state index in [0.29, 0.717) is 6.54 Å². The fraction of sp³-hybridized carbons (Fsp3) is 0.533. The van der Waals surface area contributed by atoms with Gasteiger partial charge in [0.25, 0.3) is 5.69 Å². The first kappa shape index (κ1) is 19.3. The Bertz CT molecular complexity index is 727. The summed E-state index contributed by atoms with van der Waals surface area (Å²) in [6, 6.07) is 4.55. The zero-order valence-electron chi connectivity index (χ0n) is 13.7. The summed E-state index contributed by atoms with van der Waals surface area (Å²) in [5, 5.41) is 13.5. The summed E-state index contributed by atoms with van der Waals surface area (Å²) >= 11 is 0. The van der Waals surface area contributed by atoms with Crippen LogP contribution in [0.5, 0.6) is 0 Å². The van der Waals surface area contributed by atoms with Crippen LogP contribution in [-0.2, 0) is 14.8 Å². The van der Waals surface area contributed by atoms with Gasteiger partial charge < -0.3 is 11.1 Å². The molecule has 138 valence electrons. The van der Waals surface area contributed by atoms with Crippen molar-refractivity contribution in [3.63, 3.8) is 0 Å². The van der Waals surface area contributed by atoms with Gasteiger partial charge in [-0.1, -0.05) is 12.8 Å². The van der Waals surface area contributed by atoms with Crippen molar-refractivity contribution in [1.29, 1.82) is 0 Å². The summed E-state index contributed by atoms with van der Waals surface area (Å²) < 4.78 is 26.6. The van der Waals surface area contributed by atoms with Crippen molar-refractivity contribution in [2.45, 2.75) is 42.5 Å². The van der Waals surface area contributed by atoms with Gasteiger partial charge in [0.1, 0.15) is 0 Å². The molecule has 2 rings (SSSR count). The molecular formula is C15H22N4O5S. The van der Waals surface area contributed by atoms with Crippen molar-refractivity contribution < 1.29 is 18.1 Å². The highest BCUT2D eigenvalue weighted by molar-refractivity contribution is 7.89. The first-order chi connectivity index (χ1) is 11.8. The largest absolute Gasteiger partial charge is 0.349 e. The van der Waals surface area contributed by atoms with Gasteiger partial charge in [-0.05, 0) is 25.0 Å². The number of carbonyl (C=O) groups excluding carboxylic acids is 1. The van der Waals surface area contributed by atoms with E-state index in [1.165, 1.54) is 0 Å². The molecule has 25 heavy (non-hydrogen) atoms. The summed E-state index contributed by atoms with van der Waals surface area (Å²) in [5.41, 5.74) is 5.19. The highest BCUT2D eigenvalue weighted by Gasteiger charge is 2.33. The lowest BCUT2D eigenvalue weighted by Crippen LogP contribution is -2.52. The Morgan fingerprint density at radius 1 is 1.24 bits per heavy atom. The molecule has 1 fully saturated rings. The van der Waals surface area contributed by atoms with Crippen molar-refractivity contribution >= 4 is 21.6 Å². The normalized spacial score (nSPS) is 16.5. The molecule has 4 N–H and O–H groups in total. The number of sulfonamides is 1. The summed E-state index contributed by atoms with van der Waals surface area (Å²) in [7, 11) is -3.82. The lowest BCUT2D eigenvalue weighted by molar-refractivity contribution is -0.384. The number of nitrogens with one attached hydrogen (secondary N) is 2. The van der Waals surface area contributed by atoms with Gasteiger partial charge in [0.05, 0.1) is 15.4 Å². The Labute approximate surface area is 146 Å². The number of carbonyl (C=O) groups is 1. The molecule has 1 amide bonds. The van der Waals surface area contributed by atoms with Crippen LogP contribution in [0.1, 0.15) is 32.1 Å². The van der Waals surface area contributed by atoms with Crippen LogP contribution in [0.4, 0.5) is 5.69 Å². The third-order valence-electron chi connectivity index (χ3n) is 4.36. The Morgan fingerprint density at radius 2 is 1.84 bits per heavy atom. The standard InChI is InChI=1S/C15H22N4O5S/c16-11-15(8-1-2-9-15)18-14(20)7-10-17-25(23,24)13-5-3-12(4-6-13)19(21)22/h3-6,17H,1-2,7-11,16H2,(H,18,20). The molecular weight excluding hydrogens is 348 g/mol. The van der Waals surface area contributed by atoms with E-state index in [1.54, 1.807) is 0 Å². The zero-order valence-corrected chi connectivity index (χ0v) is 14.5. The van der Waals surface area contributed by atoms with Crippen molar-refractivity contribution in [3.8, 4) is 0 Å². The van der Waals surface area contributed by atoms with Crippen molar-refractivity contribution in [1.82, 2.24) is 10.0 Å². The van der Waals surface area contributed by atoms with Gasteiger partial charge in [-0.15, -0.1) is 0 Å². The number of rotatable bonds is 8. The molecule has 1 aromatic carbocycles. The summed E-state index contributed by atoms with van der Waals surface area (Å²) in [6.45, 7) is 0.305. The number of non-ortho nitro benzene ring substituents is 1. The molecule has 1 aliphatic carbocycles. The molecule has 0 aromatic heterocycles. The predicted octanol–water partition coefficient (Wildman–Crippen LogP) is 0.651. The maximum Gasteiger partial charge on any atom is 0.269 e. The molecule has 0 aliphatic heterocycles. The average Bonchev–Trinajstić information content (AvgIpc) is 3.03. The fourth-order valence-corrected chi connectivity index (χ4v) is 3.95. The van der Waals surface area contributed by atoms with Crippen LogP contribution >= 0.6 is 0 Å². The van der Waals surface area contributed by atoms with E-state index in [1.807, 2.05) is 0 Å². The SMILES string of the molecule is NCC1(NC(=O)CCNS(=O)(=O)c2ccc([N+](=O)[O-])cc2)CCCC1. The Hall–Kier alpha value is -2.04. The first-order valence-corrected chi connectivity index (χ1v) is 9.52. The minimum atomic E-state index is -3.82. The smallest absolute Gasteiger partial charge is 0.269 e. The van der Waals surface area contributed by atoms with Crippen LogP contribution in [0.3, 0.4) is 0 Å². The van der Waals surface area contributed by atoms with Crippen molar-refractivity contribution in [2.24, 2.45) is 5.73 Å². The molecule has 1 saturated carbocycles. The lowest BCUT2D eigenvalue weighted by atomic mass is 9.97. The van der Waals surface area contributed by atoms with E-state index in [0.717, 1.165) is 49.9 Å². The second-order valence-electron chi connectivity index (χ2n) is 6.14. The molecule has 0 unspecified atom stereocenters. The molecule has 1 aromatic rings. The third kappa shape index (κ3) is 4.97. The molecule has 0 heterocycles. The molecule has 0 bridgehead atoms. The van der Waals surface area contributed by atoms with Crippen molar-refractivity contribution in [2.75, 3.05) is 13.1 Å². The van der Waals surface area contributed by atoms with E-state index >= 15 is 0 Å². The van der Waals surface area contributed by atoms with Crippen LogP contribution in [0.2, 0.25) is 0 Å². The highest BCUT2D eigenvalue weighted by atomic mass is 32.2. The topological polar surface area (TPSA) is 144 Å². The van der Waals surface area contributed by atoms with Crippen LogP contribution in [0, 0.1) is 10.1 Å². The Balaban J connectivity index is 1.87. The quantitative estimate of drug-likeness (QED) is 0.452. The average molecular weight is 370 g/mol. The summed E-state index contributed by atoms with van der Waals surface area (Å²) in [4.78, 5) is 21.9. The number of amides is 1. The minimum absolute atomic E-state index is 0.00599. The number of nitrogens with two attached hydrogens (primary N) is 1. The van der Waals surface area contributed by atoms with Crippen LogP contribution in [-0.4, -0.2) is 37.9 Å². The Kier molecular flexibility index (Phi) is 6.09. The molecule has 0 spiro atoms. The van der Waals surface area contributed by atoms with Gasteiger partial charge in [0, 0.05) is 31.6 Å². The van der Waals surface area contributed by atoms with Gasteiger partial charge >= 0.3 is 0 Å². The van der Waals surface area contributed by atoms with Gasteiger partial charge in [0.15, 0.2) is 0 Å². The molecule has 9 nitrogen and oxygen atoms in total. The van der Waals surface area contributed by atoms with E-state index in [9.17, 15) is 23.3 Å². The Morgan fingerprint density at radius 3 is 2.36 bits per heavy atom. The highest BCUT2D eigenvalue weighted by Crippen LogP contribution is 2.28. The molecule has 10 heteroatoms. The number of nitrogens with zero attached hydrogens (tertiary/aromatic N) is 1. The minimum Gasteiger partial charge on any atom is -0.349 e. The van der Waals surface area contributed by atoms with Crippen molar-refractivity contribution in [3.05, 3.63) is 34.4 Å². The van der Waals surface area contributed by atoms with Gasteiger partial charge in [-0.3, -0.25) is 14.9 Å².